The molecule has 0 aliphatic heterocycles. The molecule has 2 heterocycles. The maximum Gasteiger partial charge on any atom is 0.0955 e. The average molecular weight is 286 g/mol. The Morgan fingerprint density at radius 3 is 2.93 bits per heavy atom. The number of aliphatic hydroxyl groups is 1. The van der Waals surface area contributed by atoms with Crippen LogP contribution in [0.1, 0.15) is 16.5 Å². The highest BCUT2D eigenvalue weighted by Gasteiger charge is 2.11. The lowest BCUT2D eigenvalue weighted by molar-refractivity contribution is 0.182. The highest BCUT2D eigenvalue weighted by atomic mass is 79.9. The molecule has 0 aliphatic carbocycles. The molecule has 2 rings (SSSR count). The molecule has 0 radical (unpaired) electrons. The second kappa shape index (κ2) is 4.78. The zero-order valence-corrected chi connectivity index (χ0v) is 10.1. The molecule has 1 N–H and O–H groups in total. The number of aromatic nitrogens is 3. The van der Waals surface area contributed by atoms with Crippen molar-refractivity contribution in [3.8, 4) is 0 Å². The largest absolute Gasteiger partial charge is 0.387 e. The van der Waals surface area contributed by atoms with Gasteiger partial charge in [0.25, 0.3) is 0 Å². The van der Waals surface area contributed by atoms with Crippen LogP contribution in [0.2, 0.25) is 0 Å². The van der Waals surface area contributed by atoms with E-state index in [0.29, 0.717) is 6.42 Å². The van der Waals surface area contributed by atoms with Gasteiger partial charge in [-0.2, -0.15) is 0 Å². The first-order valence-corrected chi connectivity index (χ1v) is 5.87. The third-order valence-corrected chi connectivity index (χ3v) is 3.10. The number of halogens is 1. The van der Waals surface area contributed by atoms with Crippen molar-refractivity contribution in [2.45, 2.75) is 12.5 Å². The molecule has 1 unspecified atom stereocenters. The highest BCUT2D eigenvalue weighted by molar-refractivity contribution is 9.10. The van der Waals surface area contributed by atoms with E-state index in [1.807, 2.05) is 6.07 Å². The topological polar surface area (TPSA) is 58.9 Å². The van der Waals surface area contributed by atoms with Crippen LogP contribution < -0.4 is 0 Å². The molecule has 0 amide bonds. The molecule has 2 aromatic heterocycles. The molecule has 0 spiro atoms. The fourth-order valence-corrected chi connectivity index (χ4v) is 2.11. The fourth-order valence-electron chi connectivity index (χ4n) is 1.21. The Balaban J connectivity index is 2.09. The number of aliphatic hydroxyl groups excluding tert-OH is 1. The van der Waals surface area contributed by atoms with Crippen molar-refractivity contribution in [1.29, 1.82) is 0 Å². The van der Waals surface area contributed by atoms with Gasteiger partial charge >= 0.3 is 0 Å². The summed E-state index contributed by atoms with van der Waals surface area (Å²) in [5.74, 6) is 0. The van der Waals surface area contributed by atoms with Crippen molar-refractivity contribution < 1.29 is 5.11 Å². The maximum absolute atomic E-state index is 9.84. The van der Waals surface area contributed by atoms with E-state index in [2.05, 4.69) is 30.5 Å². The van der Waals surface area contributed by atoms with Crippen molar-refractivity contribution in [2.24, 2.45) is 0 Å². The third-order valence-electron chi connectivity index (χ3n) is 1.90. The van der Waals surface area contributed by atoms with Crippen LogP contribution >= 0.6 is 27.5 Å². The van der Waals surface area contributed by atoms with E-state index in [4.69, 9.17) is 0 Å². The summed E-state index contributed by atoms with van der Waals surface area (Å²) in [6.45, 7) is 0. The van der Waals surface area contributed by atoms with Crippen LogP contribution in [0.3, 0.4) is 0 Å². The molecule has 15 heavy (non-hydrogen) atoms. The summed E-state index contributed by atoms with van der Waals surface area (Å²) in [6.07, 6.45) is 5.00. The van der Waals surface area contributed by atoms with Crippen molar-refractivity contribution in [3.63, 3.8) is 0 Å². The van der Waals surface area contributed by atoms with Crippen molar-refractivity contribution in [2.75, 3.05) is 0 Å². The van der Waals surface area contributed by atoms with Gasteiger partial charge in [0.05, 0.1) is 17.2 Å². The van der Waals surface area contributed by atoms with Crippen LogP contribution in [0.4, 0.5) is 0 Å². The maximum atomic E-state index is 9.84. The van der Waals surface area contributed by atoms with E-state index in [1.165, 1.54) is 11.5 Å². The number of hydrogen-bond acceptors (Lipinski definition) is 5. The molecule has 0 aromatic carbocycles. The number of rotatable bonds is 3. The Morgan fingerprint density at radius 2 is 2.27 bits per heavy atom. The molecule has 0 bridgehead atoms. The highest BCUT2D eigenvalue weighted by Crippen LogP contribution is 2.20. The molecule has 78 valence electrons. The van der Waals surface area contributed by atoms with Gasteiger partial charge in [-0.25, -0.2) is 0 Å². The van der Waals surface area contributed by atoms with Crippen LogP contribution in [0, 0.1) is 0 Å². The Morgan fingerprint density at radius 1 is 1.40 bits per heavy atom. The summed E-state index contributed by atoms with van der Waals surface area (Å²) in [7, 11) is 0. The molecular weight excluding hydrogens is 278 g/mol. The van der Waals surface area contributed by atoms with Gasteiger partial charge in [0.1, 0.15) is 0 Å². The van der Waals surface area contributed by atoms with E-state index in [9.17, 15) is 5.11 Å². The molecule has 1 atom stereocenters. The molecule has 4 nitrogen and oxygen atoms in total. The predicted molar refractivity (Wildman–Crippen MR) is 60.5 cm³/mol. The Labute approximate surface area is 99.3 Å². The molecule has 0 aliphatic rings. The van der Waals surface area contributed by atoms with Crippen LogP contribution in [0.25, 0.3) is 0 Å². The predicted octanol–water partition coefficient (Wildman–Crippen LogP) is 1.97. The standard InChI is InChI=1S/C9H8BrN3OS/c10-7-1-6(3-11-4-7)2-8(14)9-5-12-13-15-9/h1,3-5,8,14H,2H2. The van der Waals surface area contributed by atoms with Gasteiger partial charge in [0, 0.05) is 23.3 Å². The first kappa shape index (κ1) is 10.7. The summed E-state index contributed by atoms with van der Waals surface area (Å²) >= 11 is 4.55. The second-order valence-corrected chi connectivity index (χ2v) is 4.78. The molecular formula is C9H8BrN3OS. The minimum atomic E-state index is -0.555. The van der Waals surface area contributed by atoms with Gasteiger partial charge in [-0.3, -0.25) is 4.98 Å². The second-order valence-electron chi connectivity index (χ2n) is 3.05. The van der Waals surface area contributed by atoms with Gasteiger partial charge in [0.2, 0.25) is 0 Å². The SMILES string of the molecule is OC(Cc1cncc(Br)c1)c1cnns1. The quantitative estimate of drug-likeness (QED) is 0.937. The van der Waals surface area contributed by atoms with Gasteiger partial charge in [-0.1, -0.05) is 4.49 Å². The zero-order valence-electron chi connectivity index (χ0n) is 7.67. The first-order chi connectivity index (χ1) is 7.25. The zero-order chi connectivity index (χ0) is 10.7. The summed E-state index contributed by atoms with van der Waals surface area (Å²) in [5.41, 5.74) is 0.977. The smallest absolute Gasteiger partial charge is 0.0955 e. The Hall–Kier alpha value is -0.850. The normalized spacial score (nSPS) is 12.7. The molecule has 6 heteroatoms. The van der Waals surface area contributed by atoms with Crippen LogP contribution in [-0.2, 0) is 6.42 Å². The molecule has 0 saturated heterocycles. The lowest BCUT2D eigenvalue weighted by atomic mass is 10.1. The van der Waals surface area contributed by atoms with Crippen LogP contribution in [0.15, 0.2) is 29.1 Å². The minimum Gasteiger partial charge on any atom is -0.387 e. The number of hydrogen-bond donors (Lipinski definition) is 1. The third kappa shape index (κ3) is 2.80. The van der Waals surface area contributed by atoms with Crippen LogP contribution in [-0.4, -0.2) is 19.7 Å². The van der Waals surface area contributed by atoms with Crippen molar-refractivity contribution in [3.05, 3.63) is 39.6 Å². The van der Waals surface area contributed by atoms with Crippen LogP contribution in [0.5, 0.6) is 0 Å². The monoisotopic (exact) mass is 285 g/mol. The van der Waals surface area contributed by atoms with E-state index in [1.54, 1.807) is 18.6 Å². The minimum absolute atomic E-state index is 0.524. The number of pyridine rings is 1. The lowest BCUT2D eigenvalue weighted by Crippen LogP contribution is -1.99. The molecule has 0 saturated carbocycles. The van der Waals surface area contributed by atoms with Crippen molar-refractivity contribution in [1.82, 2.24) is 14.6 Å². The van der Waals surface area contributed by atoms with E-state index in [0.717, 1.165) is 14.9 Å². The fraction of sp³-hybridized carbons (Fsp3) is 0.222. The summed E-state index contributed by atoms with van der Waals surface area (Å²) in [6, 6.07) is 1.94. The molecule has 2 aromatic rings. The van der Waals surface area contributed by atoms with Gasteiger partial charge in [-0.15, -0.1) is 5.10 Å². The van der Waals surface area contributed by atoms with Gasteiger partial charge < -0.3 is 5.11 Å². The van der Waals surface area contributed by atoms with E-state index >= 15 is 0 Å². The lowest BCUT2D eigenvalue weighted by Gasteiger charge is -2.06. The van der Waals surface area contributed by atoms with Gasteiger partial charge in [-0.05, 0) is 39.1 Å². The number of nitrogens with zero attached hydrogens (tertiary/aromatic N) is 3. The Kier molecular flexibility index (Phi) is 3.40. The summed E-state index contributed by atoms with van der Waals surface area (Å²) in [5, 5.41) is 13.5. The average Bonchev–Trinajstić information content (AvgIpc) is 2.70. The van der Waals surface area contributed by atoms with Gasteiger partial charge in [0.15, 0.2) is 0 Å². The van der Waals surface area contributed by atoms with Crippen molar-refractivity contribution >= 4 is 27.5 Å². The Bertz CT molecular complexity index is 435. The molecule has 0 fully saturated rings. The first-order valence-electron chi connectivity index (χ1n) is 4.30. The van der Waals surface area contributed by atoms with E-state index < -0.39 is 6.10 Å². The summed E-state index contributed by atoms with van der Waals surface area (Å²) < 4.78 is 4.62. The summed E-state index contributed by atoms with van der Waals surface area (Å²) in [4.78, 5) is 4.81. The van der Waals surface area contributed by atoms with E-state index in [-0.39, 0.29) is 0 Å².